The zero-order chi connectivity index (χ0) is 14.0. The number of rotatable bonds is 3. The van der Waals surface area contributed by atoms with Gasteiger partial charge in [-0.05, 0) is 19.4 Å². The van der Waals surface area contributed by atoms with Crippen LogP contribution < -0.4 is 5.73 Å². The van der Waals surface area contributed by atoms with Crippen LogP contribution in [0, 0.1) is 13.8 Å². The van der Waals surface area contributed by atoms with Gasteiger partial charge in [0.2, 0.25) is 0 Å². The molecule has 1 heterocycles. The maximum absolute atomic E-state index is 8.80. The van der Waals surface area contributed by atoms with Crippen molar-refractivity contribution in [3.05, 3.63) is 51.8 Å². The van der Waals surface area contributed by atoms with Crippen molar-refractivity contribution in [2.45, 2.75) is 20.4 Å². The smallest absolute Gasteiger partial charge is 0.170 e. The molecule has 0 aliphatic carbocycles. The van der Waals surface area contributed by atoms with E-state index in [1.54, 1.807) is 10.7 Å². The zero-order valence-corrected chi connectivity index (χ0v) is 11.5. The minimum absolute atomic E-state index is 0.0863. The molecule has 1 aromatic carbocycles. The van der Waals surface area contributed by atoms with Gasteiger partial charge in [-0.2, -0.15) is 5.10 Å². The monoisotopic (exact) mass is 278 g/mol. The van der Waals surface area contributed by atoms with E-state index in [2.05, 4.69) is 10.3 Å². The summed E-state index contributed by atoms with van der Waals surface area (Å²) in [5.74, 6) is 0.0863. The van der Waals surface area contributed by atoms with Crippen LogP contribution in [0.4, 0.5) is 0 Å². The highest BCUT2D eigenvalue weighted by molar-refractivity contribution is 6.31. The topological polar surface area (TPSA) is 76.4 Å². The van der Waals surface area contributed by atoms with Crippen LogP contribution >= 0.6 is 11.6 Å². The van der Waals surface area contributed by atoms with Crippen molar-refractivity contribution in [1.82, 2.24) is 9.78 Å². The van der Waals surface area contributed by atoms with Gasteiger partial charge in [0.25, 0.3) is 0 Å². The van der Waals surface area contributed by atoms with Crippen LogP contribution in [-0.4, -0.2) is 20.8 Å². The molecule has 0 aliphatic rings. The van der Waals surface area contributed by atoms with Gasteiger partial charge < -0.3 is 10.9 Å². The second kappa shape index (κ2) is 5.32. The van der Waals surface area contributed by atoms with Crippen molar-refractivity contribution >= 4 is 17.4 Å². The molecule has 3 N–H and O–H groups in total. The van der Waals surface area contributed by atoms with Gasteiger partial charge in [0, 0.05) is 5.56 Å². The van der Waals surface area contributed by atoms with Crippen LogP contribution in [-0.2, 0) is 6.54 Å². The van der Waals surface area contributed by atoms with E-state index in [-0.39, 0.29) is 5.84 Å². The first kappa shape index (κ1) is 13.4. The van der Waals surface area contributed by atoms with Gasteiger partial charge in [0.15, 0.2) is 5.84 Å². The number of amidine groups is 1. The van der Waals surface area contributed by atoms with E-state index in [1.165, 1.54) is 0 Å². The predicted octanol–water partition coefficient (Wildman–Crippen LogP) is 2.30. The Kier molecular flexibility index (Phi) is 3.76. The molecule has 2 aromatic rings. The molecule has 0 atom stereocenters. The quantitative estimate of drug-likeness (QED) is 0.391. The van der Waals surface area contributed by atoms with Gasteiger partial charge in [-0.25, -0.2) is 0 Å². The third-order valence-electron chi connectivity index (χ3n) is 3.01. The van der Waals surface area contributed by atoms with E-state index in [4.69, 9.17) is 22.5 Å². The van der Waals surface area contributed by atoms with E-state index >= 15 is 0 Å². The van der Waals surface area contributed by atoms with Crippen LogP contribution in [0.2, 0.25) is 5.02 Å². The number of nitrogens with two attached hydrogens (primary N) is 1. The first-order valence-electron chi connectivity index (χ1n) is 5.80. The maximum Gasteiger partial charge on any atom is 0.170 e. The molecule has 1 aromatic heterocycles. The summed E-state index contributed by atoms with van der Waals surface area (Å²) in [7, 11) is 0. The largest absolute Gasteiger partial charge is 0.409 e. The summed E-state index contributed by atoms with van der Waals surface area (Å²) < 4.78 is 1.81. The lowest BCUT2D eigenvalue weighted by atomic mass is 10.1. The SMILES string of the molecule is Cc1nn(Cc2ccccc2C(N)=NO)c(C)c1Cl. The van der Waals surface area contributed by atoms with Gasteiger partial charge in [-0.15, -0.1) is 0 Å². The van der Waals surface area contributed by atoms with Crippen LogP contribution in [0.15, 0.2) is 29.4 Å². The highest BCUT2D eigenvalue weighted by Gasteiger charge is 2.12. The summed E-state index contributed by atoms with van der Waals surface area (Å²) in [6, 6.07) is 7.46. The summed E-state index contributed by atoms with van der Waals surface area (Å²) in [6.07, 6.45) is 0. The average Bonchev–Trinajstić information content (AvgIpc) is 2.66. The molecular formula is C13H15ClN4O. The average molecular weight is 279 g/mol. The van der Waals surface area contributed by atoms with Gasteiger partial charge in [-0.3, -0.25) is 4.68 Å². The van der Waals surface area contributed by atoms with Crippen molar-refractivity contribution in [1.29, 1.82) is 0 Å². The fourth-order valence-corrected chi connectivity index (χ4v) is 2.09. The van der Waals surface area contributed by atoms with E-state index in [1.807, 2.05) is 32.0 Å². The van der Waals surface area contributed by atoms with Crippen molar-refractivity contribution in [3.8, 4) is 0 Å². The van der Waals surface area contributed by atoms with Crippen molar-refractivity contribution in [3.63, 3.8) is 0 Å². The number of aryl methyl sites for hydroxylation is 1. The molecule has 0 fully saturated rings. The Labute approximate surface area is 116 Å². The molecule has 6 heteroatoms. The molecule has 0 saturated heterocycles. The van der Waals surface area contributed by atoms with E-state index < -0.39 is 0 Å². The predicted molar refractivity (Wildman–Crippen MR) is 74.8 cm³/mol. The number of oxime groups is 1. The third-order valence-corrected chi connectivity index (χ3v) is 3.56. The number of nitrogens with zero attached hydrogens (tertiary/aromatic N) is 3. The van der Waals surface area contributed by atoms with E-state index in [0.717, 1.165) is 17.0 Å². The molecule has 100 valence electrons. The first-order valence-corrected chi connectivity index (χ1v) is 6.17. The number of halogens is 1. The summed E-state index contributed by atoms with van der Waals surface area (Å²) in [5, 5.41) is 16.9. The van der Waals surface area contributed by atoms with Crippen molar-refractivity contribution in [2.24, 2.45) is 10.9 Å². The lowest BCUT2D eigenvalue weighted by Gasteiger charge is -2.09. The Morgan fingerprint density at radius 2 is 2.11 bits per heavy atom. The molecule has 0 bridgehead atoms. The first-order chi connectivity index (χ1) is 9.04. The molecule has 2 rings (SSSR count). The number of benzene rings is 1. The second-order valence-electron chi connectivity index (χ2n) is 4.28. The molecule has 5 nitrogen and oxygen atoms in total. The molecule has 0 spiro atoms. The van der Waals surface area contributed by atoms with Gasteiger partial charge in [0.1, 0.15) is 0 Å². The molecule has 0 radical (unpaired) electrons. The number of aromatic nitrogens is 2. The molecule has 19 heavy (non-hydrogen) atoms. The normalized spacial score (nSPS) is 11.8. The second-order valence-corrected chi connectivity index (χ2v) is 4.66. The van der Waals surface area contributed by atoms with Crippen LogP contribution in [0.25, 0.3) is 0 Å². The van der Waals surface area contributed by atoms with Crippen molar-refractivity contribution in [2.75, 3.05) is 0 Å². The van der Waals surface area contributed by atoms with E-state index in [0.29, 0.717) is 17.1 Å². The fraction of sp³-hybridized carbons (Fsp3) is 0.231. The summed E-state index contributed by atoms with van der Waals surface area (Å²) in [6.45, 7) is 4.29. The number of hydrogen-bond acceptors (Lipinski definition) is 3. The Morgan fingerprint density at radius 3 is 2.68 bits per heavy atom. The molecule has 0 amide bonds. The highest BCUT2D eigenvalue weighted by atomic mass is 35.5. The highest BCUT2D eigenvalue weighted by Crippen LogP contribution is 2.20. The van der Waals surface area contributed by atoms with Crippen LogP contribution in [0.5, 0.6) is 0 Å². The minimum Gasteiger partial charge on any atom is -0.409 e. The van der Waals surface area contributed by atoms with Gasteiger partial charge in [-0.1, -0.05) is 41.0 Å². The lowest BCUT2D eigenvalue weighted by Crippen LogP contribution is -2.17. The molecular weight excluding hydrogens is 264 g/mol. The summed E-state index contributed by atoms with van der Waals surface area (Å²) in [5.41, 5.74) is 8.96. The fourth-order valence-electron chi connectivity index (χ4n) is 1.95. The maximum atomic E-state index is 8.80. The molecule has 0 unspecified atom stereocenters. The van der Waals surface area contributed by atoms with E-state index in [9.17, 15) is 0 Å². The Balaban J connectivity index is 2.41. The van der Waals surface area contributed by atoms with Crippen molar-refractivity contribution < 1.29 is 5.21 Å². The Morgan fingerprint density at radius 1 is 1.42 bits per heavy atom. The lowest BCUT2D eigenvalue weighted by molar-refractivity contribution is 0.318. The van der Waals surface area contributed by atoms with Crippen LogP contribution in [0.3, 0.4) is 0 Å². The molecule has 0 saturated carbocycles. The van der Waals surface area contributed by atoms with Gasteiger partial charge >= 0.3 is 0 Å². The number of hydrogen-bond donors (Lipinski definition) is 2. The summed E-state index contributed by atoms with van der Waals surface area (Å²) >= 11 is 6.12. The standard InChI is InChI=1S/C13H15ClN4O/c1-8-12(14)9(2)18(16-8)7-10-5-3-4-6-11(10)13(15)17-19/h3-6,19H,7H2,1-2H3,(H2,15,17). The Bertz CT molecular complexity index is 634. The molecule has 0 aliphatic heterocycles. The summed E-state index contributed by atoms with van der Waals surface area (Å²) in [4.78, 5) is 0. The zero-order valence-electron chi connectivity index (χ0n) is 10.8. The third kappa shape index (κ3) is 2.56. The van der Waals surface area contributed by atoms with Gasteiger partial charge in [0.05, 0.1) is 23.0 Å². The van der Waals surface area contributed by atoms with Crippen LogP contribution in [0.1, 0.15) is 22.5 Å². The minimum atomic E-state index is 0.0863. The Hall–Kier alpha value is -2.01.